The van der Waals surface area contributed by atoms with Crippen LogP contribution in [0.5, 0.6) is 0 Å². The number of urea groups is 1. The number of hydrogen-bond donors (Lipinski definition) is 2. The maximum absolute atomic E-state index is 13.6. The molecule has 1 saturated heterocycles. The van der Waals surface area contributed by atoms with Gasteiger partial charge in [-0.15, -0.1) is 0 Å². The van der Waals surface area contributed by atoms with Gasteiger partial charge >= 0.3 is 18.3 Å². The molecule has 2 aromatic rings. The van der Waals surface area contributed by atoms with Crippen LogP contribution < -0.4 is 10.6 Å². The number of alkyl halides is 3. The number of nitrogens with one attached hydrogen (secondary N) is 2. The summed E-state index contributed by atoms with van der Waals surface area (Å²) in [5.41, 5.74) is -0.0144. The summed E-state index contributed by atoms with van der Waals surface area (Å²) >= 11 is 0. The number of carbonyl (C=O) groups excluding carboxylic acids is 4. The van der Waals surface area contributed by atoms with Gasteiger partial charge in [-0.25, -0.2) is 18.9 Å². The number of carbonyl (C=O) groups is 4. The van der Waals surface area contributed by atoms with E-state index in [-0.39, 0.29) is 12.0 Å². The Morgan fingerprint density at radius 3 is 2.49 bits per heavy atom. The van der Waals surface area contributed by atoms with Crippen LogP contribution in [-0.4, -0.2) is 59.5 Å². The highest BCUT2D eigenvalue weighted by atomic mass is 19.4. The van der Waals surface area contributed by atoms with Gasteiger partial charge in [-0.3, -0.25) is 9.59 Å². The number of hydrogen-bond acceptors (Lipinski definition) is 5. The molecule has 0 bridgehead atoms. The predicted octanol–water partition coefficient (Wildman–Crippen LogP) is 4.07. The van der Waals surface area contributed by atoms with Crippen LogP contribution in [0.15, 0.2) is 42.5 Å². The molecule has 2 aromatic carbocycles. The summed E-state index contributed by atoms with van der Waals surface area (Å²) in [6.07, 6.45) is -4.85. The molecular weight excluding hydrogens is 524 g/mol. The average molecular weight is 551 g/mol. The van der Waals surface area contributed by atoms with E-state index in [9.17, 15) is 36.7 Å². The van der Waals surface area contributed by atoms with E-state index >= 15 is 0 Å². The van der Waals surface area contributed by atoms with Crippen LogP contribution in [0.2, 0.25) is 0 Å². The van der Waals surface area contributed by atoms with Crippen molar-refractivity contribution in [2.45, 2.75) is 50.6 Å². The first-order chi connectivity index (χ1) is 18.4. The lowest BCUT2D eigenvalue weighted by molar-refractivity contribution is -0.187. The van der Waals surface area contributed by atoms with Gasteiger partial charge in [0.15, 0.2) is 0 Å². The van der Waals surface area contributed by atoms with Crippen LogP contribution in [0, 0.1) is 5.82 Å². The Morgan fingerprint density at radius 1 is 1.15 bits per heavy atom. The van der Waals surface area contributed by atoms with Gasteiger partial charge in [-0.05, 0) is 55.2 Å². The molecule has 2 atom stereocenters. The maximum Gasteiger partial charge on any atom is 0.418 e. The Balaban J connectivity index is 1.59. The van der Waals surface area contributed by atoms with Crippen molar-refractivity contribution in [3.63, 3.8) is 0 Å². The van der Waals surface area contributed by atoms with Crippen molar-refractivity contribution in [3.05, 3.63) is 65.0 Å². The molecule has 208 valence electrons. The van der Waals surface area contributed by atoms with Gasteiger partial charge in [0.05, 0.1) is 0 Å². The van der Waals surface area contributed by atoms with E-state index in [4.69, 9.17) is 4.74 Å². The smallest absolute Gasteiger partial charge is 0.418 e. The number of ether oxygens (including phenoxy) is 1. The highest BCUT2D eigenvalue weighted by Crippen LogP contribution is 2.44. The van der Waals surface area contributed by atoms with Crippen LogP contribution in [0.1, 0.15) is 36.5 Å². The highest BCUT2D eigenvalue weighted by Gasteiger charge is 2.57. The summed E-state index contributed by atoms with van der Waals surface area (Å²) in [5.74, 6) is -2.58. The first-order valence-corrected chi connectivity index (χ1v) is 12.1. The molecule has 1 aliphatic carbocycles. The minimum atomic E-state index is -4.80. The standard InChI is InChI=1S/C26H26F4N4O5/c1-15(26(28,29)30)33(13-16-5-7-18(27)8-6-16)21(35)14-34-22(36)25(39-24(34)38)11-3-4-17-12-19(9-10-20(17)25)32-23(37)31-2/h5-10,12,15H,3-4,11,13-14H2,1-2H3,(H2,31,32,37)/t15-,25+/m0/s1. The Kier molecular flexibility index (Phi) is 7.53. The van der Waals surface area contributed by atoms with Gasteiger partial charge in [0.2, 0.25) is 11.5 Å². The Morgan fingerprint density at radius 2 is 1.85 bits per heavy atom. The lowest BCUT2D eigenvalue weighted by Gasteiger charge is -2.33. The topological polar surface area (TPSA) is 108 Å². The van der Waals surface area contributed by atoms with Gasteiger partial charge in [0.1, 0.15) is 18.4 Å². The number of nitrogens with zero attached hydrogens (tertiary/aromatic N) is 2. The van der Waals surface area contributed by atoms with Crippen molar-refractivity contribution >= 4 is 29.6 Å². The summed E-state index contributed by atoms with van der Waals surface area (Å²) in [5, 5.41) is 5.04. The van der Waals surface area contributed by atoms with Crippen molar-refractivity contribution in [2.75, 3.05) is 18.9 Å². The first-order valence-electron chi connectivity index (χ1n) is 12.1. The zero-order chi connectivity index (χ0) is 28.5. The molecule has 0 saturated carbocycles. The molecule has 9 nitrogen and oxygen atoms in total. The van der Waals surface area contributed by atoms with Crippen molar-refractivity contribution in [3.8, 4) is 0 Å². The fourth-order valence-corrected chi connectivity index (χ4v) is 4.77. The molecule has 2 N–H and O–H groups in total. The highest BCUT2D eigenvalue weighted by molar-refractivity contribution is 6.06. The van der Waals surface area contributed by atoms with E-state index in [1.54, 1.807) is 12.1 Å². The van der Waals surface area contributed by atoms with E-state index in [2.05, 4.69) is 10.6 Å². The Hall–Kier alpha value is -4.16. The average Bonchev–Trinajstić information content (AvgIpc) is 3.11. The Bertz CT molecular complexity index is 1300. The molecule has 39 heavy (non-hydrogen) atoms. The molecule has 0 radical (unpaired) electrons. The number of rotatable bonds is 6. The molecule has 5 amide bonds. The number of halogens is 4. The van der Waals surface area contributed by atoms with E-state index < -0.39 is 60.7 Å². The SMILES string of the molecule is CNC(=O)Nc1ccc2c(c1)CCC[C@@]21OC(=O)N(CC(=O)N(Cc2ccc(F)cc2)[C@@H](C)C(F)(F)F)C1=O. The van der Waals surface area contributed by atoms with Crippen LogP contribution in [0.4, 0.5) is 32.8 Å². The van der Waals surface area contributed by atoms with Gasteiger partial charge in [-0.1, -0.05) is 18.2 Å². The monoisotopic (exact) mass is 550 g/mol. The van der Waals surface area contributed by atoms with E-state index in [1.807, 2.05) is 0 Å². The zero-order valence-corrected chi connectivity index (χ0v) is 21.1. The quantitative estimate of drug-likeness (QED) is 0.528. The third-order valence-corrected chi connectivity index (χ3v) is 6.89. The number of amides is 5. The molecule has 1 fully saturated rings. The van der Waals surface area contributed by atoms with Crippen molar-refractivity contribution < 1.29 is 41.5 Å². The van der Waals surface area contributed by atoms with E-state index in [0.29, 0.717) is 39.5 Å². The minimum Gasteiger partial charge on any atom is -0.427 e. The molecule has 2 aliphatic rings. The van der Waals surface area contributed by atoms with Crippen LogP contribution in [-0.2, 0) is 32.9 Å². The van der Waals surface area contributed by atoms with Gasteiger partial charge < -0.3 is 20.3 Å². The fourth-order valence-electron chi connectivity index (χ4n) is 4.77. The second-order valence-corrected chi connectivity index (χ2v) is 9.38. The normalized spacial score (nSPS) is 19.4. The molecule has 0 unspecified atom stereocenters. The van der Waals surface area contributed by atoms with Gasteiger partial charge in [-0.2, -0.15) is 13.2 Å². The summed E-state index contributed by atoms with van der Waals surface area (Å²) in [6.45, 7) is -0.701. The molecule has 0 aromatic heterocycles. The van der Waals surface area contributed by atoms with E-state index in [1.165, 1.54) is 25.2 Å². The summed E-state index contributed by atoms with van der Waals surface area (Å²) in [7, 11) is 1.45. The minimum absolute atomic E-state index is 0.121. The van der Waals surface area contributed by atoms with Crippen molar-refractivity contribution in [2.24, 2.45) is 0 Å². The lowest BCUT2D eigenvalue weighted by atomic mass is 9.78. The maximum atomic E-state index is 13.6. The lowest BCUT2D eigenvalue weighted by Crippen LogP contribution is -2.51. The summed E-state index contributed by atoms with van der Waals surface area (Å²) in [6, 6.07) is 6.62. The van der Waals surface area contributed by atoms with Gasteiger partial charge in [0.25, 0.3) is 5.91 Å². The second kappa shape index (κ2) is 10.5. The second-order valence-electron chi connectivity index (χ2n) is 9.38. The molecule has 1 spiro atoms. The molecular formula is C26H26F4N4O5. The molecule has 1 aliphatic heterocycles. The van der Waals surface area contributed by atoms with E-state index in [0.717, 1.165) is 19.1 Å². The number of benzene rings is 2. The summed E-state index contributed by atoms with van der Waals surface area (Å²) < 4.78 is 59.7. The molecule has 4 rings (SSSR count). The predicted molar refractivity (Wildman–Crippen MR) is 130 cm³/mol. The third kappa shape index (κ3) is 5.52. The zero-order valence-electron chi connectivity index (χ0n) is 21.1. The van der Waals surface area contributed by atoms with Crippen molar-refractivity contribution in [1.29, 1.82) is 0 Å². The molecule has 13 heteroatoms. The van der Waals surface area contributed by atoms with Crippen molar-refractivity contribution in [1.82, 2.24) is 15.1 Å². The number of fused-ring (bicyclic) bond motifs is 2. The first kappa shape index (κ1) is 27.9. The van der Waals surface area contributed by atoms with Crippen LogP contribution in [0.25, 0.3) is 0 Å². The van der Waals surface area contributed by atoms with Crippen LogP contribution >= 0.6 is 0 Å². The van der Waals surface area contributed by atoms with Crippen LogP contribution in [0.3, 0.4) is 0 Å². The number of imide groups is 1. The summed E-state index contributed by atoms with van der Waals surface area (Å²) in [4.78, 5) is 52.2. The number of anilines is 1. The largest absolute Gasteiger partial charge is 0.427 e. The third-order valence-electron chi connectivity index (χ3n) is 6.89. The Labute approximate surface area is 221 Å². The van der Waals surface area contributed by atoms with Gasteiger partial charge in [0, 0.05) is 31.3 Å². The fraction of sp³-hybridized carbons (Fsp3) is 0.385. The molecule has 1 heterocycles. The number of aryl methyl sites for hydroxylation is 1.